The van der Waals surface area contributed by atoms with Crippen LogP contribution in [0.1, 0.15) is 24.8 Å². The van der Waals surface area contributed by atoms with E-state index in [0.29, 0.717) is 12.5 Å². The smallest absolute Gasteiger partial charge is 0.226 e. The van der Waals surface area contributed by atoms with Crippen LogP contribution in [-0.4, -0.2) is 61.0 Å². The maximum atomic E-state index is 12.1. The van der Waals surface area contributed by atoms with Gasteiger partial charge in [-0.05, 0) is 31.4 Å². The first-order chi connectivity index (χ1) is 11.7. The molecule has 0 bridgehead atoms. The van der Waals surface area contributed by atoms with Gasteiger partial charge in [0, 0.05) is 57.4 Å². The van der Waals surface area contributed by atoms with Crippen molar-refractivity contribution in [1.29, 1.82) is 0 Å². The van der Waals surface area contributed by atoms with Crippen LogP contribution in [0.2, 0.25) is 0 Å². The van der Waals surface area contributed by atoms with Gasteiger partial charge in [0.05, 0.1) is 0 Å². The Hall–Kier alpha value is -1.81. The fourth-order valence-corrected chi connectivity index (χ4v) is 3.98. The second-order valence-corrected chi connectivity index (χ2v) is 6.94. The fraction of sp³-hybridized carbons (Fsp3) is 0.550. The van der Waals surface area contributed by atoms with Gasteiger partial charge in [-0.25, -0.2) is 0 Å². The normalized spacial score (nSPS) is 22.5. The number of nitrogens with zero attached hydrogens (tertiary/aromatic N) is 3. The monoisotopic (exact) mass is 327 g/mol. The lowest BCUT2D eigenvalue weighted by Gasteiger charge is -2.44. The zero-order valence-electron chi connectivity index (χ0n) is 14.8. The average Bonchev–Trinajstić information content (AvgIpc) is 2.63. The molecule has 2 heterocycles. The number of para-hydroxylation sites is 1. The van der Waals surface area contributed by atoms with Crippen molar-refractivity contribution in [1.82, 2.24) is 9.80 Å². The molecule has 0 aliphatic carbocycles. The summed E-state index contributed by atoms with van der Waals surface area (Å²) < 4.78 is 0. The van der Waals surface area contributed by atoms with Crippen molar-refractivity contribution < 1.29 is 4.79 Å². The highest BCUT2D eigenvalue weighted by molar-refractivity contribution is 5.77. The second kappa shape index (κ2) is 7.84. The molecule has 0 aromatic heterocycles. The van der Waals surface area contributed by atoms with Crippen LogP contribution in [0.3, 0.4) is 0 Å². The van der Waals surface area contributed by atoms with E-state index < -0.39 is 0 Å². The Labute approximate surface area is 145 Å². The average molecular weight is 327 g/mol. The number of hydrogen-bond donors (Lipinski definition) is 0. The lowest BCUT2D eigenvalue weighted by atomic mass is 10.0. The molecule has 2 saturated heterocycles. The van der Waals surface area contributed by atoms with Crippen molar-refractivity contribution >= 4 is 11.6 Å². The minimum atomic E-state index is 0.230. The number of hydrogen-bond acceptors (Lipinski definition) is 3. The third-order valence-electron chi connectivity index (χ3n) is 5.35. The van der Waals surface area contributed by atoms with Gasteiger partial charge in [0.1, 0.15) is 0 Å². The number of aryl methyl sites for hydroxylation is 1. The van der Waals surface area contributed by atoms with Crippen LogP contribution in [0.15, 0.2) is 36.9 Å². The van der Waals surface area contributed by atoms with E-state index in [-0.39, 0.29) is 5.91 Å². The lowest BCUT2D eigenvalue weighted by molar-refractivity contribution is -0.132. The van der Waals surface area contributed by atoms with Crippen molar-refractivity contribution in [3.8, 4) is 0 Å². The molecule has 2 fully saturated rings. The Morgan fingerprint density at radius 1 is 1.21 bits per heavy atom. The van der Waals surface area contributed by atoms with Crippen LogP contribution in [0.5, 0.6) is 0 Å². The lowest BCUT2D eigenvalue weighted by Crippen LogP contribution is -2.55. The highest BCUT2D eigenvalue weighted by Crippen LogP contribution is 2.23. The molecule has 1 aromatic rings. The molecule has 2 aliphatic heterocycles. The minimum absolute atomic E-state index is 0.230. The number of likely N-dealkylation sites (tertiary alicyclic amines) is 1. The fourth-order valence-electron chi connectivity index (χ4n) is 3.98. The van der Waals surface area contributed by atoms with Gasteiger partial charge in [-0.15, -0.1) is 6.58 Å². The summed E-state index contributed by atoms with van der Waals surface area (Å²) in [5.74, 6) is 0.230. The molecular formula is C20H29N3O. The third kappa shape index (κ3) is 3.81. The predicted octanol–water partition coefficient (Wildman–Crippen LogP) is 2.68. The Morgan fingerprint density at radius 3 is 2.67 bits per heavy atom. The van der Waals surface area contributed by atoms with E-state index in [1.54, 1.807) is 6.08 Å². The number of piperazine rings is 1. The van der Waals surface area contributed by atoms with Crippen LogP contribution in [-0.2, 0) is 4.79 Å². The number of benzene rings is 1. The second-order valence-electron chi connectivity index (χ2n) is 6.94. The Morgan fingerprint density at radius 2 is 1.96 bits per heavy atom. The molecule has 1 unspecified atom stereocenters. The van der Waals surface area contributed by atoms with Crippen molar-refractivity contribution in [2.24, 2.45) is 0 Å². The summed E-state index contributed by atoms with van der Waals surface area (Å²) in [6.45, 7) is 12.0. The van der Waals surface area contributed by atoms with Gasteiger partial charge in [0.25, 0.3) is 0 Å². The zero-order valence-corrected chi connectivity index (χ0v) is 14.8. The topological polar surface area (TPSA) is 26.8 Å². The molecule has 1 amide bonds. The van der Waals surface area contributed by atoms with Gasteiger partial charge in [-0.1, -0.05) is 24.3 Å². The number of amides is 1. The van der Waals surface area contributed by atoms with E-state index >= 15 is 0 Å². The first kappa shape index (κ1) is 17.0. The van der Waals surface area contributed by atoms with Gasteiger partial charge < -0.3 is 9.80 Å². The van der Waals surface area contributed by atoms with E-state index in [9.17, 15) is 4.79 Å². The summed E-state index contributed by atoms with van der Waals surface area (Å²) in [6.07, 6.45) is 4.51. The minimum Gasteiger partial charge on any atom is -0.369 e. The standard InChI is InChI=1S/C20H29N3O/c1-3-7-20(24)23-11-6-9-18(16-23)21-12-14-22(15-13-21)19-10-5-4-8-17(19)2/h3-5,8,10,18H,1,6-7,9,11-16H2,2H3. The third-order valence-corrected chi connectivity index (χ3v) is 5.35. The van der Waals surface area contributed by atoms with E-state index in [0.717, 1.165) is 45.7 Å². The van der Waals surface area contributed by atoms with Crippen LogP contribution < -0.4 is 4.90 Å². The maximum absolute atomic E-state index is 12.1. The SMILES string of the molecule is C=CCC(=O)N1CCCC(N2CCN(c3ccccc3C)CC2)C1. The number of piperidine rings is 1. The number of rotatable bonds is 4. The highest BCUT2D eigenvalue weighted by Gasteiger charge is 2.29. The van der Waals surface area contributed by atoms with Gasteiger partial charge in [0.15, 0.2) is 0 Å². The quantitative estimate of drug-likeness (QED) is 0.796. The summed E-state index contributed by atoms with van der Waals surface area (Å²) in [5, 5.41) is 0. The molecule has 130 valence electrons. The summed E-state index contributed by atoms with van der Waals surface area (Å²) in [5.41, 5.74) is 2.72. The van der Waals surface area contributed by atoms with E-state index in [2.05, 4.69) is 47.6 Å². The Kier molecular flexibility index (Phi) is 5.56. The van der Waals surface area contributed by atoms with Crippen molar-refractivity contribution in [2.75, 3.05) is 44.2 Å². The first-order valence-corrected chi connectivity index (χ1v) is 9.12. The number of carbonyl (C=O) groups is 1. The zero-order chi connectivity index (χ0) is 16.9. The Bertz CT molecular complexity index is 578. The summed E-state index contributed by atoms with van der Waals surface area (Å²) in [6, 6.07) is 9.16. The molecule has 0 spiro atoms. The molecule has 4 heteroatoms. The van der Waals surface area contributed by atoms with Gasteiger partial charge in [-0.3, -0.25) is 9.69 Å². The van der Waals surface area contributed by atoms with Crippen LogP contribution >= 0.6 is 0 Å². The molecule has 0 radical (unpaired) electrons. The summed E-state index contributed by atoms with van der Waals surface area (Å²) in [7, 11) is 0. The predicted molar refractivity (Wildman–Crippen MR) is 99.4 cm³/mol. The molecular weight excluding hydrogens is 298 g/mol. The van der Waals surface area contributed by atoms with Crippen LogP contribution in [0, 0.1) is 6.92 Å². The van der Waals surface area contributed by atoms with E-state index in [4.69, 9.17) is 0 Å². The highest BCUT2D eigenvalue weighted by atomic mass is 16.2. The van der Waals surface area contributed by atoms with E-state index in [1.165, 1.54) is 17.7 Å². The number of carbonyl (C=O) groups excluding carboxylic acids is 1. The molecule has 1 aromatic carbocycles. The molecule has 0 N–H and O–H groups in total. The molecule has 4 nitrogen and oxygen atoms in total. The summed E-state index contributed by atoms with van der Waals surface area (Å²) >= 11 is 0. The molecule has 24 heavy (non-hydrogen) atoms. The Balaban J connectivity index is 1.55. The first-order valence-electron chi connectivity index (χ1n) is 9.12. The van der Waals surface area contributed by atoms with Crippen molar-refractivity contribution in [3.63, 3.8) is 0 Å². The largest absolute Gasteiger partial charge is 0.369 e. The molecule has 2 aliphatic rings. The van der Waals surface area contributed by atoms with E-state index in [1.807, 2.05) is 4.90 Å². The van der Waals surface area contributed by atoms with Crippen molar-refractivity contribution in [3.05, 3.63) is 42.5 Å². The van der Waals surface area contributed by atoms with Crippen molar-refractivity contribution in [2.45, 2.75) is 32.2 Å². The van der Waals surface area contributed by atoms with Gasteiger partial charge in [0.2, 0.25) is 5.91 Å². The molecule has 0 saturated carbocycles. The maximum Gasteiger partial charge on any atom is 0.226 e. The van der Waals surface area contributed by atoms with Crippen LogP contribution in [0.25, 0.3) is 0 Å². The van der Waals surface area contributed by atoms with Crippen LogP contribution in [0.4, 0.5) is 5.69 Å². The molecule has 1 atom stereocenters. The van der Waals surface area contributed by atoms with Gasteiger partial charge >= 0.3 is 0 Å². The number of anilines is 1. The summed E-state index contributed by atoms with van der Waals surface area (Å²) in [4.78, 5) is 19.2. The van der Waals surface area contributed by atoms with Gasteiger partial charge in [-0.2, -0.15) is 0 Å². The molecule has 3 rings (SSSR count).